The molecule has 0 aliphatic rings. The zero-order valence-corrected chi connectivity index (χ0v) is 11.9. The molecule has 0 atom stereocenters. The standard InChI is InChI=1S/C10H21N5O2S/c1-4-18(16,17)6-5-15-10(12-13-14-15)8-11-7-9(2)3/h9,11H,4-8H2,1-3H3. The second kappa shape index (κ2) is 6.79. The van der Waals surface area contributed by atoms with Gasteiger partial charge < -0.3 is 5.32 Å². The predicted molar refractivity (Wildman–Crippen MR) is 68.7 cm³/mol. The van der Waals surface area contributed by atoms with Crippen LogP contribution in [0.3, 0.4) is 0 Å². The molecule has 0 aliphatic carbocycles. The first-order valence-electron chi connectivity index (χ1n) is 6.10. The molecule has 1 aromatic heterocycles. The molecule has 0 saturated carbocycles. The molecule has 0 fully saturated rings. The fourth-order valence-electron chi connectivity index (χ4n) is 1.37. The zero-order valence-electron chi connectivity index (χ0n) is 11.1. The van der Waals surface area contributed by atoms with E-state index in [9.17, 15) is 8.42 Å². The summed E-state index contributed by atoms with van der Waals surface area (Å²) in [5.41, 5.74) is 0. The Morgan fingerprint density at radius 2 is 2.11 bits per heavy atom. The SMILES string of the molecule is CCS(=O)(=O)CCn1nnnc1CNCC(C)C. The van der Waals surface area contributed by atoms with Crippen molar-refractivity contribution in [2.45, 2.75) is 33.9 Å². The minimum Gasteiger partial charge on any atom is -0.310 e. The van der Waals surface area contributed by atoms with Gasteiger partial charge in [0.1, 0.15) is 0 Å². The summed E-state index contributed by atoms with van der Waals surface area (Å²) in [7, 11) is -2.98. The van der Waals surface area contributed by atoms with Gasteiger partial charge in [0.2, 0.25) is 0 Å². The summed E-state index contributed by atoms with van der Waals surface area (Å²) in [6.07, 6.45) is 0. The molecule has 0 radical (unpaired) electrons. The quantitative estimate of drug-likeness (QED) is 0.710. The summed E-state index contributed by atoms with van der Waals surface area (Å²) in [5.74, 6) is 1.44. The van der Waals surface area contributed by atoms with E-state index in [-0.39, 0.29) is 11.5 Å². The number of aryl methyl sites for hydroxylation is 1. The fraction of sp³-hybridized carbons (Fsp3) is 0.900. The highest BCUT2D eigenvalue weighted by atomic mass is 32.2. The van der Waals surface area contributed by atoms with Gasteiger partial charge in [-0.05, 0) is 22.9 Å². The minimum absolute atomic E-state index is 0.0751. The van der Waals surface area contributed by atoms with Crippen LogP contribution in [0.4, 0.5) is 0 Å². The predicted octanol–water partition coefficient (Wildman–Crippen LogP) is -0.147. The number of sulfone groups is 1. The topological polar surface area (TPSA) is 89.8 Å². The van der Waals surface area contributed by atoms with Gasteiger partial charge in [-0.3, -0.25) is 0 Å². The highest BCUT2D eigenvalue weighted by molar-refractivity contribution is 7.91. The number of hydrogen-bond donors (Lipinski definition) is 1. The molecule has 0 aromatic carbocycles. The summed E-state index contributed by atoms with van der Waals surface area (Å²) in [6.45, 7) is 7.60. The van der Waals surface area contributed by atoms with Gasteiger partial charge in [-0.1, -0.05) is 20.8 Å². The first-order valence-corrected chi connectivity index (χ1v) is 7.93. The molecule has 0 saturated heterocycles. The molecule has 0 unspecified atom stereocenters. The Balaban J connectivity index is 2.50. The monoisotopic (exact) mass is 275 g/mol. The molecule has 0 amide bonds. The summed E-state index contributed by atoms with van der Waals surface area (Å²) in [6, 6.07) is 0. The molecular weight excluding hydrogens is 254 g/mol. The number of hydrogen-bond acceptors (Lipinski definition) is 6. The van der Waals surface area contributed by atoms with Crippen molar-refractivity contribution < 1.29 is 8.42 Å². The summed E-state index contributed by atoms with van der Waals surface area (Å²) in [5, 5.41) is 14.5. The van der Waals surface area contributed by atoms with Gasteiger partial charge >= 0.3 is 0 Å². The third-order valence-electron chi connectivity index (χ3n) is 2.50. The van der Waals surface area contributed by atoms with Gasteiger partial charge in [-0.15, -0.1) is 5.10 Å². The number of nitrogens with one attached hydrogen (secondary N) is 1. The molecule has 0 spiro atoms. The molecule has 18 heavy (non-hydrogen) atoms. The van der Waals surface area contributed by atoms with Gasteiger partial charge in [0.05, 0.1) is 18.8 Å². The van der Waals surface area contributed by atoms with E-state index >= 15 is 0 Å². The molecule has 1 N–H and O–H groups in total. The average molecular weight is 275 g/mol. The number of aromatic nitrogens is 4. The Labute approximate surface area is 108 Å². The van der Waals surface area contributed by atoms with Crippen molar-refractivity contribution in [1.29, 1.82) is 0 Å². The Kier molecular flexibility index (Phi) is 5.67. The van der Waals surface area contributed by atoms with Crippen LogP contribution in [0.5, 0.6) is 0 Å². The second-order valence-corrected chi connectivity index (χ2v) is 7.05. The van der Waals surface area contributed by atoms with Crippen LogP contribution in [-0.4, -0.2) is 46.7 Å². The van der Waals surface area contributed by atoms with E-state index in [4.69, 9.17) is 0 Å². The Bertz CT molecular complexity index is 455. The molecule has 104 valence electrons. The highest BCUT2D eigenvalue weighted by Crippen LogP contribution is 1.97. The van der Waals surface area contributed by atoms with Crippen LogP contribution in [0, 0.1) is 5.92 Å². The lowest BCUT2D eigenvalue weighted by molar-refractivity contribution is 0.516. The van der Waals surface area contributed by atoms with E-state index in [0.29, 0.717) is 24.8 Å². The van der Waals surface area contributed by atoms with Crippen molar-refractivity contribution in [3.8, 4) is 0 Å². The lowest BCUT2D eigenvalue weighted by atomic mass is 10.2. The van der Waals surface area contributed by atoms with Crippen LogP contribution < -0.4 is 5.32 Å². The van der Waals surface area contributed by atoms with Crippen LogP contribution in [0.15, 0.2) is 0 Å². The molecule has 0 aliphatic heterocycles. The average Bonchev–Trinajstić information content (AvgIpc) is 2.74. The van der Waals surface area contributed by atoms with Crippen LogP contribution >= 0.6 is 0 Å². The smallest absolute Gasteiger partial charge is 0.165 e. The molecule has 8 heteroatoms. The molecule has 1 rings (SSSR count). The number of tetrazole rings is 1. The van der Waals surface area contributed by atoms with Crippen molar-refractivity contribution in [3.05, 3.63) is 5.82 Å². The first kappa shape index (κ1) is 15.0. The summed E-state index contributed by atoms with van der Waals surface area (Å²) < 4.78 is 24.4. The lowest BCUT2D eigenvalue weighted by Gasteiger charge is -2.07. The summed E-state index contributed by atoms with van der Waals surface area (Å²) in [4.78, 5) is 0. The third kappa shape index (κ3) is 5.09. The van der Waals surface area contributed by atoms with Crippen molar-refractivity contribution >= 4 is 9.84 Å². The van der Waals surface area contributed by atoms with E-state index in [0.717, 1.165) is 6.54 Å². The Hall–Kier alpha value is -1.02. The van der Waals surface area contributed by atoms with Crippen molar-refractivity contribution in [2.75, 3.05) is 18.1 Å². The van der Waals surface area contributed by atoms with E-state index in [1.165, 1.54) is 0 Å². The largest absolute Gasteiger partial charge is 0.310 e. The Morgan fingerprint density at radius 3 is 2.72 bits per heavy atom. The molecule has 0 bridgehead atoms. The lowest BCUT2D eigenvalue weighted by Crippen LogP contribution is -2.23. The van der Waals surface area contributed by atoms with Crippen molar-refractivity contribution in [1.82, 2.24) is 25.5 Å². The number of rotatable bonds is 8. The maximum Gasteiger partial charge on any atom is 0.165 e. The second-order valence-electron chi connectivity index (χ2n) is 4.58. The molecule has 7 nitrogen and oxygen atoms in total. The van der Waals surface area contributed by atoms with E-state index in [1.807, 2.05) is 0 Å². The van der Waals surface area contributed by atoms with Crippen LogP contribution in [0.1, 0.15) is 26.6 Å². The highest BCUT2D eigenvalue weighted by Gasteiger charge is 2.11. The molecular formula is C10H21N5O2S. The maximum absolute atomic E-state index is 11.4. The van der Waals surface area contributed by atoms with Gasteiger partial charge in [0.25, 0.3) is 0 Å². The molecule has 1 heterocycles. The van der Waals surface area contributed by atoms with Crippen molar-refractivity contribution in [2.24, 2.45) is 5.92 Å². The maximum atomic E-state index is 11.4. The van der Waals surface area contributed by atoms with E-state index in [2.05, 4.69) is 34.7 Å². The molecule has 1 aromatic rings. The first-order chi connectivity index (χ1) is 8.44. The fourth-order valence-corrected chi connectivity index (χ4v) is 2.11. The van der Waals surface area contributed by atoms with Gasteiger partial charge in [-0.25, -0.2) is 13.1 Å². The van der Waals surface area contributed by atoms with Gasteiger partial charge in [0, 0.05) is 5.75 Å². The van der Waals surface area contributed by atoms with Crippen LogP contribution in [0.25, 0.3) is 0 Å². The zero-order chi connectivity index (χ0) is 13.6. The third-order valence-corrected chi connectivity index (χ3v) is 4.18. The summed E-state index contributed by atoms with van der Waals surface area (Å²) >= 11 is 0. The van der Waals surface area contributed by atoms with E-state index in [1.54, 1.807) is 11.6 Å². The van der Waals surface area contributed by atoms with Crippen LogP contribution in [-0.2, 0) is 22.9 Å². The van der Waals surface area contributed by atoms with Gasteiger partial charge in [-0.2, -0.15) is 0 Å². The van der Waals surface area contributed by atoms with E-state index < -0.39 is 9.84 Å². The Morgan fingerprint density at radius 1 is 1.39 bits per heavy atom. The minimum atomic E-state index is -2.98. The van der Waals surface area contributed by atoms with Crippen LogP contribution in [0.2, 0.25) is 0 Å². The number of nitrogens with zero attached hydrogens (tertiary/aromatic N) is 4. The normalized spacial score (nSPS) is 12.2. The van der Waals surface area contributed by atoms with Gasteiger partial charge in [0.15, 0.2) is 15.7 Å². The van der Waals surface area contributed by atoms with Crippen molar-refractivity contribution in [3.63, 3.8) is 0 Å².